The van der Waals surface area contributed by atoms with Crippen LogP contribution in [0.2, 0.25) is 0 Å². The summed E-state index contributed by atoms with van der Waals surface area (Å²) < 4.78 is 28.7. The molecule has 2 atom stereocenters. The Labute approximate surface area is 314 Å². The van der Waals surface area contributed by atoms with Crippen LogP contribution in [0.15, 0.2) is 30.3 Å². The molecule has 2 aliphatic rings. The number of nitrogens with zero attached hydrogens (tertiary/aromatic N) is 2. The van der Waals surface area contributed by atoms with Crippen molar-refractivity contribution >= 4 is 41.9 Å². The summed E-state index contributed by atoms with van der Waals surface area (Å²) in [5.41, 5.74) is -0.805. The second kappa shape index (κ2) is 21.2. The third kappa shape index (κ3) is 19.8. The average Bonchev–Trinajstić information content (AvgIpc) is 2.99. The fourth-order valence-electron chi connectivity index (χ4n) is 4.76. The molecule has 15 heteroatoms. The highest BCUT2D eigenvalue weighted by Gasteiger charge is 2.37. The van der Waals surface area contributed by atoms with E-state index in [4.69, 9.17) is 23.7 Å². The molecule has 0 radical (unpaired) electrons. The van der Waals surface area contributed by atoms with E-state index in [1.54, 1.807) is 76.2 Å². The SMILES string of the molecule is CC(C)(C)OC(=O)OC(=O)OC(C)(C)C.CCOC(=O)C1CCN(C(=O)OC(C)(C)C)CC1=O.CCOC(=O)C1CCN(Cc2ccccc2)CC1=O.[HH]. The van der Waals surface area contributed by atoms with E-state index in [0.717, 1.165) is 13.1 Å². The molecule has 1 amide bonds. The first kappa shape index (κ1) is 46.5. The molecule has 1 aromatic rings. The highest BCUT2D eigenvalue weighted by atomic mass is 16.8. The summed E-state index contributed by atoms with van der Waals surface area (Å²) in [7, 11) is 0. The number of ketones is 2. The highest BCUT2D eigenvalue weighted by Crippen LogP contribution is 2.20. The van der Waals surface area contributed by atoms with E-state index in [1.807, 2.05) is 30.3 Å². The van der Waals surface area contributed by atoms with E-state index in [2.05, 4.69) is 9.64 Å². The first-order valence-corrected chi connectivity index (χ1v) is 17.7. The molecule has 2 aliphatic heterocycles. The van der Waals surface area contributed by atoms with E-state index in [0.29, 0.717) is 26.1 Å². The number of Topliss-reactive ketones (excluding diaryl/α,β-unsaturated/α-hetero) is 2. The van der Waals surface area contributed by atoms with Gasteiger partial charge < -0.3 is 33.3 Å². The van der Waals surface area contributed by atoms with Crippen LogP contribution in [0, 0.1) is 11.8 Å². The summed E-state index contributed by atoms with van der Waals surface area (Å²) in [6.07, 6.45) is -1.79. The van der Waals surface area contributed by atoms with Gasteiger partial charge in [0.2, 0.25) is 0 Å². The number of carbonyl (C=O) groups excluding carboxylic acids is 7. The molecule has 2 heterocycles. The molecule has 53 heavy (non-hydrogen) atoms. The Balaban J connectivity index is 0.000000781. The molecule has 0 bridgehead atoms. The number of esters is 2. The number of piperidine rings is 2. The van der Waals surface area contributed by atoms with Gasteiger partial charge in [0, 0.05) is 21.1 Å². The number of hydrogen-bond donors (Lipinski definition) is 0. The normalized spacial score (nSPS) is 17.8. The lowest BCUT2D eigenvalue weighted by Crippen LogP contribution is -2.48. The summed E-state index contributed by atoms with van der Waals surface area (Å²) in [4.78, 5) is 84.2. The summed E-state index contributed by atoms with van der Waals surface area (Å²) in [5.74, 6) is -2.51. The zero-order valence-electron chi connectivity index (χ0n) is 33.1. The van der Waals surface area contributed by atoms with Crippen molar-refractivity contribution in [3.05, 3.63) is 35.9 Å². The standard InChI is InChI=1S/C15H19NO3.C13H21NO5.C10H18O5.H2/c1-2-19-15(18)13-8-9-16(11-14(13)17)10-12-6-4-3-5-7-12;1-5-18-11(16)9-6-7-14(8-10(9)15)12(17)19-13(2,3)4;1-9(2,3)14-7(11)13-8(12)15-10(4,5)6;/h3-7,13H,2,8-11H2,1H3;9H,5-8H2,1-4H3;1-6H3;1H. The lowest BCUT2D eigenvalue weighted by atomic mass is 9.95. The van der Waals surface area contributed by atoms with Crippen LogP contribution < -0.4 is 0 Å². The Bertz CT molecular complexity index is 1370. The van der Waals surface area contributed by atoms with Crippen molar-refractivity contribution in [3.8, 4) is 0 Å². The molecule has 3 rings (SSSR count). The van der Waals surface area contributed by atoms with Crippen LogP contribution in [-0.4, -0.2) is 108 Å². The number of likely N-dealkylation sites (tertiary alicyclic amines) is 2. The van der Waals surface area contributed by atoms with Crippen molar-refractivity contribution in [2.24, 2.45) is 11.8 Å². The van der Waals surface area contributed by atoms with Gasteiger partial charge in [0.1, 0.15) is 28.6 Å². The molecule has 2 fully saturated rings. The third-order valence-corrected chi connectivity index (χ3v) is 6.91. The lowest BCUT2D eigenvalue weighted by molar-refractivity contribution is -0.155. The second-order valence-corrected chi connectivity index (χ2v) is 15.2. The van der Waals surface area contributed by atoms with Gasteiger partial charge in [-0.1, -0.05) is 30.3 Å². The highest BCUT2D eigenvalue weighted by molar-refractivity contribution is 6.01. The summed E-state index contributed by atoms with van der Waals surface area (Å²) >= 11 is 0. The second-order valence-electron chi connectivity index (χ2n) is 15.2. The minimum atomic E-state index is -1.06. The predicted molar refractivity (Wildman–Crippen MR) is 195 cm³/mol. The first-order chi connectivity index (χ1) is 24.4. The van der Waals surface area contributed by atoms with Crippen molar-refractivity contribution in [1.29, 1.82) is 0 Å². The molecule has 0 aromatic heterocycles. The first-order valence-electron chi connectivity index (χ1n) is 17.7. The van der Waals surface area contributed by atoms with Crippen LogP contribution in [0.1, 0.15) is 96.0 Å². The summed E-state index contributed by atoms with van der Waals surface area (Å²) in [6.45, 7) is 21.4. The van der Waals surface area contributed by atoms with E-state index >= 15 is 0 Å². The zero-order chi connectivity index (χ0) is 40.6. The third-order valence-electron chi connectivity index (χ3n) is 6.91. The van der Waals surface area contributed by atoms with Gasteiger partial charge in [0.15, 0.2) is 11.6 Å². The number of hydrogen-bond acceptors (Lipinski definition) is 14. The van der Waals surface area contributed by atoms with Gasteiger partial charge in [-0.2, -0.15) is 0 Å². The molecule has 15 nitrogen and oxygen atoms in total. The van der Waals surface area contributed by atoms with Crippen LogP contribution in [0.4, 0.5) is 14.4 Å². The van der Waals surface area contributed by atoms with E-state index in [-0.39, 0.29) is 38.5 Å². The Morgan fingerprint density at radius 3 is 1.49 bits per heavy atom. The number of ether oxygens (including phenoxy) is 6. The fourth-order valence-corrected chi connectivity index (χ4v) is 4.76. The lowest BCUT2D eigenvalue weighted by Gasteiger charge is -2.31. The Morgan fingerprint density at radius 2 is 1.09 bits per heavy atom. The molecular formula is C38H60N2O13. The Kier molecular flexibility index (Phi) is 18.6. The molecule has 0 N–H and O–H groups in total. The molecule has 1 aromatic carbocycles. The Hall–Kier alpha value is -4.53. The topological polar surface area (TPSA) is 181 Å². The number of rotatable bonds is 6. The van der Waals surface area contributed by atoms with Gasteiger partial charge in [-0.15, -0.1) is 0 Å². The zero-order valence-corrected chi connectivity index (χ0v) is 33.1. The molecule has 0 saturated carbocycles. The summed E-state index contributed by atoms with van der Waals surface area (Å²) in [6, 6.07) is 10.0. The monoisotopic (exact) mass is 752 g/mol. The molecular weight excluding hydrogens is 692 g/mol. The minimum absolute atomic E-state index is 0. The van der Waals surface area contributed by atoms with Crippen molar-refractivity contribution in [2.45, 2.75) is 112 Å². The molecule has 300 valence electrons. The van der Waals surface area contributed by atoms with Gasteiger partial charge in [0.25, 0.3) is 0 Å². The van der Waals surface area contributed by atoms with Crippen LogP contribution in [0.25, 0.3) is 0 Å². The Morgan fingerprint density at radius 1 is 0.660 bits per heavy atom. The number of benzene rings is 1. The van der Waals surface area contributed by atoms with Gasteiger partial charge in [-0.25, -0.2) is 14.4 Å². The molecule has 2 saturated heterocycles. The average molecular weight is 753 g/mol. The largest absolute Gasteiger partial charge is 0.519 e. The molecule has 0 spiro atoms. The van der Waals surface area contributed by atoms with Crippen LogP contribution in [0.3, 0.4) is 0 Å². The van der Waals surface area contributed by atoms with Gasteiger partial charge in [-0.3, -0.25) is 24.1 Å². The van der Waals surface area contributed by atoms with E-state index in [9.17, 15) is 33.6 Å². The minimum Gasteiger partial charge on any atom is -0.465 e. The smallest absolute Gasteiger partial charge is 0.465 e. The fraction of sp³-hybridized carbons (Fsp3) is 0.658. The quantitative estimate of drug-likeness (QED) is 0.184. The number of carbonyl (C=O) groups is 7. The maximum absolute atomic E-state index is 12.0. The van der Waals surface area contributed by atoms with Crippen molar-refractivity contribution in [3.63, 3.8) is 0 Å². The van der Waals surface area contributed by atoms with Crippen LogP contribution >= 0.6 is 0 Å². The van der Waals surface area contributed by atoms with Gasteiger partial charge in [0.05, 0.1) is 26.3 Å². The van der Waals surface area contributed by atoms with Crippen LogP contribution in [-0.2, 0) is 54.1 Å². The maximum atomic E-state index is 12.0. The van der Waals surface area contributed by atoms with E-state index < -0.39 is 53.0 Å². The van der Waals surface area contributed by atoms with Gasteiger partial charge >= 0.3 is 30.3 Å². The van der Waals surface area contributed by atoms with Gasteiger partial charge in [-0.05, 0) is 94.6 Å². The van der Waals surface area contributed by atoms with Crippen molar-refractivity contribution in [2.75, 3.05) is 39.4 Å². The van der Waals surface area contributed by atoms with Crippen LogP contribution in [0.5, 0.6) is 0 Å². The van der Waals surface area contributed by atoms with E-state index in [1.165, 1.54) is 10.5 Å². The van der Waals surface area contributed by atoms with Crippen molar-refractivity contribution < 1.29 is 63.4 Å². The predicted octanol–water partition coefficient (Wildman–Crippen LogP) is 6.14. The molecule has 2 unspecified atom stereocenters. The maximum Gasteiger partial charge on any atom is 0.519 e. The summed E-state index contributed by atoms with van der Waals surface area (Å²) in [5, 5.41) is 0. The number of amides is 1. The van der Waals surface area contributed by atoms with Crippen molar-refractivity contribution in [1.82, 2.24) is 9.80 Å². The molecule has 0 aliphatic carbocycles.